The highest BCUT2D eigenvalue weighted by Crippen LogP contribution is 2.39. The summed E-state index contributed by atoms with van der Waals surface area (Å²) in [6, 6.07) is 6.01. The lowest BCUT2D eigenvalue weighted by Gasteiger charge is -2.17. The lowest BCUT2D eigenvalue weighted by atomic mass is 10.00. The van der Waals surface area contributed by atoms with Crippen molar-refractivity contribution in [1.82, 2.24) is 5.32 Å². The van der Waals surface area contributed by atoms with Crippen LogP contribution in [0.25, 0.3) is 0 Å². The molecule has 0 spiro atoms. The first-order valence-electron chi connectivity index (χ1n) is 6.50. The molecule has 2 rings (SSSR count). The molecule has 1 unspecified atom stereocenters. The SMILES string of the molecule is Cc1ccc(C(C)NC(=O)[C@@H]2C[C@@H]2C(=O)O)c(C)c1. The van der Waals surface area contributed by atoms with Gasteiger partial charge in [0.25, 0.3) is 0 Å². The number of carbonyl (C=O) groups is 2. The van der Waals surface area contributed by atoms with Crippen molar-refractivity contribution >= 4 is 11.9 Å². The van der Waals surface area contributed by atoms with E-state index in [2.05, 4.69) is 11.4 Å². The summed E-state index contributed by atoms with van der Waals surface area (Å²) in [5, 5.41) is 11.7. The molecule has 1 aromatic rings. The van der Waals surface area contributed by atoms with Crippen LogP contribution in [0.15, 0.2) is 18.2 Å². The molecular weight excluding hydrogens is 242 g/mol. The number of benzene rings is 1. The summed E-state index contributed by atoms with van der Waals surface area (Å²) in [5.74, 6) is -1.88. The quantitative estimate of drug-likeness (QED) is 0.873. The number of carboxylic acids is 1. The van der Waals surface area contributed by atoms with Crippen LogP contribution in [0, 0.1) is 25.7 Å². The van der Waals surface area contributed by atoms with E-state index in [1.54, 1.807) is 0 Å². The third kappa shape index (κ3) is 2.95. The van der Waals surface area contributed by atoms with Gasteiger partial charge in [0.15, 0.2) is 0 Å². The fraction of sp³-hybridized carbons (Fsp3) is 0.467. The third-order valence-electron chi connectivity index (χ3n) is 3.69. The van der Waals surface area contributed by atoms with Crippen molar-refractivity contribution in [2.24, 2.45) is 11.8 Å². The van der Waals surface area contributed by atoms with Gasteiger partial charge in [0.05, 0.1) is 17.9 Å². The zero-order valence-corrected chi connectivity index (χ0v) is 11.4. The molecule has 3 atom stereocenters. The van der Waals surface area contributed by atoms with Crippen LogP contribution in [0.5, 0.6) is 0 Å². The van der Waals surface area contributed by atoms with Crippen molar-refractivity contribution < 1.29 is 14.7 Å². The van der Waals surface area contributed by atoms with Crippen LogP contribution < -0.4 is 5.32 Å². The molecule has 1 amide bonds. The topological polar surface area (TPSA) is 66.4 Å². The first-order valence-corrected chi connectivity index (χ1v) is 6.50. The Hall–Kier alpha value is -1.84. The summed E-state index contributed by atoms with van der Waals surface area (Å²) in [7, 11) is 0. The minimum Gasteiger partial charge on any atom is -0.481 e. The highest BCUT2D eigenvalue weighted by atomic mass is 16.4. The Morgan fingerprint density at radius 3 is 2.53 bits per heavy atom. The molecule has 1 saturated carbocycles. The first-order chi connectivity index (χ1) is 8.90. The highest BCUT2D eigenvalue weighted by molar-refractivity contribution is 5.89. The largest absolute Gasteiger partial charge is 0.481 e. The number of carboxylic acid groups (broad SMARTS) is 1. The van der Waals surface area contributed by atoms with Gasteiger partial charge < -0.3 is 10.4 Å². The monoisotopic (exact) mass is 261 g/mol. The van der Waals surface area contributed by atoms with Crippen molar-refractivity contribution in [3.63, 3.8) is 0 Å². The van der Waals surface area contributed by atoms with Gasteiger partial charge in [-0.1, -0.05) is 23.8 Å². The molecule has 102 valence electrons. The average molecular weight is 261 g/mol. The molecule has 0 saturated heterocycles. The van der Waals surface area contributed by atoms with E-state index in [-0.39, 0.29) is 17.9 Å². The molecule has 4 nitrogen and oxygen atoms in total. The maximum Gasteiger partial charge on any atom is 0.307 e. The Morgan fingerprint density at radius 2 is 2.00 bits per heavy atom. The number of nitrogens with one attached hydrogen (secondary N) is 1. The summed E-state index contributed by atoms with van der Waals surface area (Å²) in [4.78, 5) is 22.7. The van der Waals surface area contributed by atoms with E-state index in [4.69, 9.17) is 5.11 Å². The van der Waals surface area contributed by atoms with E-state index in [0.717, 1.165) is 11.1 Å². The Morgan fingerprint density at radius 1 is 1.32 bits per heavy atom. The average Bonchev–Trinajstić information content (AvgIpc) is 3.08. The van der Waals surface area contributed by atoms with Gasteiger partial charge in [-0.15, -0.1) is 0 Å². The van der Waals surface area contributed by atoms with Crippen molar-refractivity contribution in [3.8, 4) is 0 Å². The van der Waals surface area contributed by atoms with Crippen LogP contribution in [-0.4, -0.2) is 17.0 Å². The van der Waals surface area contributed by atoms with Gasteiger partial charge in [-0.05, 0) is 38.3 Å². The van der Waals surface area contributed by atoms with Crippen molar-refractivity contribution in [2.45, 2.75) is 33.2 Å². The van der Waals surface area contributed by atoms with Crippen LogP contribution in [0.2, 0.25) is 0 Å². The summed E-state index contributed by atoms with van der Waals surface area (Å²) in [5.41, 5.74) is 3.40. The summed E-state index contributed by atoms with van der Waals surface area (Å²) in [6.45, 7) is 5.97. The molecule has 4 heteroatoms. The maximum atomic E-state index is 11.9. The van der Waals surface area contributed by atoms with E-state index in [1.807, 2.05) is 32.9 Å². The number of carbonyl (C=O) groups excluding carboxylic acids is 1. The van der Waals surface area contributed by atoms with E-state index in [1.165, 1.54) is 5.56 Å². The second-order valence-electron chi connectivity index (χ2n) is 5.38. The number of hydrogen-bond acceptors (Lipinski definition) is 2. The molecular formula is C15H19NO3. The molecule has 1 aliphatic carbocycles. The van der Waals surface area contributed by atoms with Crippen molar-refractivity contribution in [3.05, 3.63) is 34.9 Å². The lowest BCUT2D eigenvalue weighted by molar-refractivity contribution is -0.140. The van der Waals surface area contributed by atoms with E-state index in [0.29, 0.717) is 6.42 Å². The number of amides is 1. The fourth-order valence-corrected chi connectivity index (χ4v) is 2.47. The fourth-order valence-electron chi connectivity index (χ4n) is 2.47. The molecule has 1 fully saturated rings. The predicted molar refractivity (Wildman–Crippen MR) is 71.7 cm³/mol. The third-order valence-corrected chi connectivity index (χ3v) is 3.69. The van der Waals surface area contributed by atoms with Gasteiger partial charge in [-0.3, -0.25) is 9.59 Å². The normalized spacial score (nSPS) is 22.7. The molecule has 1 aliphatic rings. The molecule has 0 heterocycles. The highest BCUT2D eigenvalue weighted by Gasteiger charge is 2.48. The van der Waals surface area contributed by atoms with Crippen LogP contribution >= 0.6 is 0 Å². The van der Waals surface area contributed by atoms with Crippen LogP contribution in [0.1, 0.15) is 36.1 Å². The molecule has 1 aromatic carbocycles. The molecule has 0 bridgehead atoms. The second-order valence-corrected chi connectivity index (χ2v) is 5.38. The number of hydrogen-bond donors (Lipinski definition) is 2. The van der Waals surface area contributed by atoms with E-state index in [9.17, 15) is 9.59 Å². The van der Waals surface area contributed by atoms with Gasteiger partial charge in [0.2, 0.25) is 5.91 Å². The van der Waals surface area contributed by atoms with Crippen LogP contribution in [0.4, 0.5) is 0 Å². The lowest BCUT2D eigenvalue weighted by Crippen LogP contribution is -2.29. The van der Waals surface area contributed by atoms with Gasteiger partial charge in [-0.25, -0.2) is 0 Å². The van der Waals surface area contributed by atoms with Gasteiger partial charge in [-0.2, -0.15) is 0 Å². The standard InChI is InChI=1S/C15H19NO3/c1-8-4-5-11(9(2)6-8)10(3)16-14(17)12-7-13(12)15(18)19/h4-6,10,12-13H,7H2,1-3H3,(H,16,17)(H,18,19)/t10?,12-,13+/m1/s1. The first kappa shape index (κ1) is 13.6. The predicted octanol–water partition coefficient (Wildman–Crippen LogP) is 2.20. The van der Waals surface area contributed by atoms with Crippen molar-refractivity contribution in [2.75, 3.05) is 0 Å². The molecule has 0 aliphatic heterocycles. The second kappa shape index (κ2) is 5.03. The Labute approximate surface area is 112 Å². The van der Waals surface area contributed by atoms with E-state index >= 15 is 0 Å². The zero-order valence-electron chi connectivity index (χ0n) is 11.4. The Bertz CT molecular complexity index is 524. The molecule has 0 aromatic heterocycles. The number of aliphatic carboxylic acids is 1. The summed E-state index contributed by atoms with van der Waals surface area (Å²) < 4.78 is 0. The van der Waals surface area contributed by atoms with Crippen LogP contribution in [0.3, 0.4) is 0 Å². The summed E-state index contributed by atoms with van der Waals surface area (Å²) in [6.07, 6.45) is 0.459. The number of rotatable bonds is 4. The van der Waals surface area contributed by atoms with Gasteiger partial charge in [0.1, 0.15) is 0 Å². The molecule has 0 radical (unpaired) electrons. The van der Waals surface area contributed by atoms with Crippen molar-refractivity contribution in [1.29, 1.82) is 0 Å². The van der Waals surface area contributed by atoms with Gasteiger partial charge >= 0.3 is 5.97 Å². The van der Waals surface area contributed by atoms with Gasteiger partial charge in [0, 0.05) is 0 Å². The van der Waals surface area contributed by atoms with Crippen LogP contribution in [-0.2, 0) is 9.59 Å². The zero-order chi connectivity index (χ0) is 14.2. The van der Waals surface area contributed by atoms with E-state index < -0.39 is 11.9 Å². The minimum atomic E-state index is -0.876. The summed E-state index contributed by atoms with van der Waals surface area (Å²) >= 11 is 0. The Kier molecular flexibility index (Phi) is 3.60. The molecule has 19 heavy (non-hydrogen) atoms. The smallest absolute Gasteiger partial charge is 0.307 e. The Balaban J connectivity index is 2.00. The minimum absolute atomic E-state index is 0.0943. The maximum absolute atomic E-state index is 11.9. The molecule has 2 N–H and O–H groups in total. The number of aryl methyl sites for hydroxylation is 2.